The molecule has 0 saturated carbocycles. The van der Waals surface area contributed by atoms with E-state index in [2.05, 4.69) is 129 Å². The number of nitrogens with one attached hydrogen (secondary N) is 2. The van der Waals surface area contributed by atoms with Crippen LogP contribution in [0.25, 0.3) is 0 Å². The summed E-state index contributed by atoms with van der Waals surface area (Å²) in [6.45, 7) is 32.2. The maximum atomic E-state index is 4.88. The number of dihydropyridines is 1. The summed E-state index contributed by atoms with van der Waals surface area (Å²) < 4.78 is 0. The molecule has 2 aliphatic heterocycles. The van der Waals surface area contributed by atoms with Gasteiger partial charge in [-0.1, -0.05) is 53.3 Å². The van der Waals surface area contributed by atoms with Crippen LogP contribution in [0.4, 0.5) is 0 Å². The van der Waals surface area contributed by atoms with Crippen molar-refractivity contribution >= 4 is 14.7 Å². The Balaban J connectivity index is 2.38. The predicted molar refractivity (Wildman–Crippen MR) is 177 cm³/mol. The standard InChI is InChI=1S/C34H49N4P/c1-11-23(3)28(8)24(4)20-32(31(12-2)21-25(5)30(10)38-17-15-35-16-18-38)13-14-34(39)36-22-33-26(6)19-27(7)37-29(33)9/h11-13,19-21,35,37H,8-10,14-18,22,39H2,1-7H3/b23-11-,24-20-,25-21+,31-12+,32-13?,36-34?. The van der Waals surface area contributed by atoms with Crippen LogP contribution < -0.4 is 10.6 Å². The van der Waals surface area contributed by atoms with Crippen LogP contribution in [0.5, 0.6) is 0 Å². The quantitative estimate of drug-likeness (QED) is 0.159. The molecule has 2 heterocycles. The summed E-state index contributed by atoms with van der Waals surface area (Å²) in [7, 11) is 2.82. The number of aliphatic imine (C=N–C) groups is 1. The van der Waals surface area contributed by atoms with Gasteiger partial charge < -0.3 is 15.5 Å². The van der Waals surface area contributed by atoms with E-state index in [1.165, 1.54) is 16.7 Å². The monoisotopic (exact) mass is 544 g/mol. The molecule has 5 heteroatoms. The summed E-state index contributed by atoms with van der Waals surface area (Å²) in [6, 6.07) is 0. The van der Waals surface area contributed by atoms with Crippen molar-refractivity contribution in [2.45, 2.75) is 54.9 Å². The minimum absolute atomic E-state index is 0.607. The van der Waals surface area contributed by atoms with Gasteiger partial charge in [-0.15, -0.1) is 0 Å². The highest BCUT2D eigenvalue weighted by atomic mass is 31.0. The maximum absolute atomic E-state index is 4.88. The Bertz CT molecular complexity index is 1220. The number of allylic oxidation sites excluding steroid dienone is 14. The molecule has 2 N–H and O–H groups in total. The molecule has 0 aromatic carbocycles. The second kappa shape index (κ2) is 15.6. The molecule has 4 nitrogen and oxygen atoms in total. The van der Waals surface area contributed by atoms with E-state index in [0.29, 0.717) is 6.54 Å². The summed E-state index contributed by atoms with van der Waals surface area (Å²) in [4.78, 5) is 7.24. The van der Waals surface area contributed by atoms with Crippen molar-refractivity contribution in [2.75, 3.05) is 32.7 Å². The van der Waals surface area contributed by atoms with Crippen molar-refractivity contribution in [3.8, 4) is 0 Å². The van der Waals surface area contributed by atoms with Gasteiger partial charge in [-0.25, -0.2) is 0 Å². The van der Waals surface area contributed by atoms with Gasteiger partial charge in [0.15, 0.2) is 0 Å². The zero-order valence-electron chi connectivity index (χ0n) is 25.3. The third-order valence-electron chi connectivity index (χ3n) is 7.32. The first-order chi connectivity index (χ1) is 18.5. The predicted octanol–water partition coefficient (Wildman–Crippen LogP) is 7.69. The van der Waals surface area contributed by atoms with Crippen molar-refractivity contribution in [3.63, 3.8) is 0 Å². The number of hydrogen-bond acceptors (Lipinski definition) is 4. The van der Waals surface area contributed by atoms with Crippen molar-refractivity contribution in [1.82, 2.24) is 15.5 Å². The average Bonchev–Trinajstić information content (AvgIpc) is 2.92. The maximum Gasteiger partial charge on any atom is 0.0666 e. The zero-order chi connectivity index (χ0) is 29.1. The van der Waals surface area contributed by atoms with E-state index in [9.17, 15) is 0 Å². The summed E-state index contributed by atoms with van der Waals surface area (Å²) in [5.41, 5.74) is 13.4. The van der Waals surface area contributed by atoms with Gasteiger partial charge in [-0.05, 0) is 105 Å². The van der Waals surface area contributed by atoms with Crippen LogP contribution in [0.15, 0.2) is 123 Å². The van der Waals surface area contributed by atoms with Crippen molar-refractivity contribution in [3.05, 3.63) is 118 Å². The molecule has 0 radical (unpaired) electrons. The van der Waals surface area contributed by atoms with Gasteiger partial charge >= 0.3 is 0 Å². The molecule has 0 bridgehead atoms. The third-order valence-corrected chi connectivity index (χ3v) is 7.74. The molecule has 2 rings (SSSR count). The molecule has 0 amide bonds. The molecule has 210 valence electrons. The van der Waals surface area contributed by atoms with Crippen LogP contribution in [0.2, 0.25) is 0 Å². The molecule has 1 fully saturated rings. The Hall–Kier alpha value is -2.94. The molecule has 0 aromatic rings. The molecule has 1 atom stereocenters. The van der Waals surface area contributed by atoms with Crippen LogP contribution >= 0.6 is 9.24 Å². The van der Waals surface area contributed by atoms with Crippen LogP contribution in [0.1, 0.15) is 54.9 Å². The van der Waals surface area contributed by atoms with Crippen molar-refractivity contribution in [2.24, 2.45) is 4.99 Å². The average molecular weight is 545 g/mol. The SMILES string of the molecule is C=C1NC(C)=CC(C)=C1CN=C(P)CC=C(/C=C(/C)C(=C)/C(C)=C\C)C(/C=C(\C)C(=C)N1CCNCC1)=C/C. The number of rotatable bonds is 11. The van der Waals surface area contributed by atoms with E-state index >= 15 is 0 Å². The number of nitrogens with zero attached hydrogens (tertiary/aromatic N) is 2. The Kier molecular flexibility index (Phi) is 12.9. The first-order valence-electron chi connectivity index (χ1n) is 13.8. The highest BCUT2D eigenvalue weighted by Crippen LogP contribution is 2.26. The van der Waals surface area contributed by atoms with Crippen LogP contribution in [0.3, 0.4) is 0 Å². The molecule has 2 aliphatic rings. The van der Waals surface area contributed by atoms with Gasteiger partial charge in [-0.2, -0.15) is 0 Å². The number of hydrogen-bond donors (Lipinski definition) is 2. The fourth-order valence-electron chi connectivity index (χ4n) is 4.58. The smallest absolute Gasteiger partial charge is 0.0666 e. The molecular formula is C34H49N4P. The lowest BCUT2D eigenvalue weighted by Gasteiger charge is -2.31. The lowest BCUT2D eigenvalue weighted by Crippen LogP contribution is -2.42. The highest BCUT2D eigenvalue weighted by Gasteiger charge is 2.14. The van der Waals surface area contributed by atoms with Crippen LogP contribution in [-0.2, 0) is 0 Å². The Morgan fingerprint density at radius 1 is 1.00 bits per heavy atom. The van der Waals surface area contributed by atoms with Crippen molar-refractivity contribution < 1.29 is 0 Å². The van der Waals surface area contributed by atoms with Gasteiger partial charge in [0, 0.05) is 55.1 Å². The van der Waals surface area contributed by atoms with Gasteiger partial charge in [0.25, 0.3) is 0 Å². The van der Waals surface area contributed by atoms with E-state index in [1.54, 1.807) is 0 Å². The van der Waals surface area contributed by atoms with Gasteiger partial charge in [0.2, 0.25) is 0 Å². The van der Waals surface area contributed by atoms with E-state index in [1.807, 2.05) is 0 Å². The van der Waals surface area contributed by atoms with Crippen LogP contribution in [0, 0.1) is 0 Å². The number of piperazine rings is 1. The van der Waals surface area contributed by atoms with Gasteiger partial charge in [0.05, 0.1) is 6.54 Å². The molecule has 1 unspecified atom stereocenters. The third kappa shape index (κ3) is 9.64. The molecule has 0 spiro atoms. The molecule has 0 aliphatic carbocycles. The fraction of sp³-hybridized carbons (Fsp3) is 0.382. The second-order valence-corrected chi connectivity index (χ2v) is 11.0. The van der Waals surface area contributed by atoms with E-state index in [4.69, 9.17) is 4.99 Å². The lowest BCUT2D eigenvalue weighted by atomic mass is 9.95. The summed E-state index contributed by atoms with van der Waals surface area (Å²) in [5.74, 6) is 0. The first kappa shape index (κ1) is 32.3. The minimum atomic E-state index is 0.607. The normalized spacial score (nSPS) is 18.8. The Labute approximate surface area is 240 Å². The molecule has 0 aromatic heterocycles. The van der Waals surface area contributed by atoms with Gasteiger partial charge in [-0.3, -0.25) is 4.99 Å². The molecule has 1 saturated heterocycles. The Morgan fingerprint density at radius 3 is 2.23 bits per heavy atom. The van der Waals surface area contributed by atoms with E-state index < -0.39 is 0 Å². The summed E-state index contributed by atoms with van der Waals surface area (Å²) in [6.07, 6.45) is 13.9. The van der Waals surface area contributed by atoms with Gasteiger partial charge in [0.1, 0.15) is 0 Å². The second-order valence-electron chi connectivity index (χ2n) is 10.3. The largest absolute Gasteiger partial charge is 0.369 e. The first-order valence-corrected chi connectivity index (χ1v) is 14.4. The minimum Gasteiger partial charge on any atom is -0.369 e. The topological polar surface area (TPSA) is 39.7 Å². The van der Waals surface area contributed by atoms with E-state index in [0.717, 1.165) is 83.0 Å². The van der Waals surface area contributed by atoms with Crippen molar-refractivity contribution in [1.29, 1.82) is 0 Å². The zero-order valence-corrected chi connectivity index (χ0v) is 26.5. The molecular weight excluding hydrogens is 495 g/mol. The van der Waals surface area contributed by atoms with E-state index in [-0.39, 0.29) is 0 Å². The summed E-state index contributed by atoms with van der Waals surface area (Å²) in [5, 5.41) is 6.74. The highest BCUT2D eigenvalue weighted by molar-refractivity contribution is 7.40. The molecule has 39 heavy (non-hydrogen) atoms. The fourth-order valence-corrected chi connectivity index (χ4v) is 4.79. The lowest BCUT2D eigenvalue weighted by molar-refractivity contribution is 0.305. The Morgan fingerprint density at radius 2 is 1.64 bits per heavy atom. The van der Waals surface area contributed by atoms with Crippen LogP contribution in [-0.4, -0.2) is 43.1 Å². The summed E-state index contributed by atoms with van der Waals surface area (Å²) >= 11 is 0.